The van der Waals surface area contributed by atoms with Gasteiger partial charge in [0.15, 0.2) is 0 Å². The Bertz CT molecular complexity index is 323. The standard InChI is InChI=1S/C10H10ClFO/c1-7-2-4-9(12)6-8(7)3-5-10(11)13/h2,4,6H,3,5H2,1H3. The molecule has 0 aliphatic carbocycles. The molecule has 0 atom stereocenters. The zero-order valence-electron chi connectivity index (χ0n) is 7.31. The molecule has 1 nitrogen and oxygen atoms in total. The molecule has 1 rings (SSSR count). The first kappa shape index (κ1) is 10.2. The second-order valence-corrected chi connectivity index (χ2v) is 3.35. The van der Waals surface area contributed by atoms with Gasteiger partial charge in [0.05, 0.1) is 0 Å². The number of rotatable bonds is 3. The molecule has 0 unspecified atom stereocenters. The van der Waals surface area contributed by atoms with Crippen molar-refractivity contribution in [1.29, 1.82) is 0 Å². The Balaban J connectivity index is 2.75. The molecule has 0 N–H and O–H groups in total. The van der Waals surface area contributed by atoms with Crippen LogP contribution in [0.2, 0.25) is 0 Å². The number of carbonyl (C=O) groups excluding carboxylic acids is 1. The quantitative estimate of drug-likeness (QED) is 0.686. The Labute approximate surface area is 81.5 Å². The summed E-state index contributed by atoms with van der Waals surface area (Å²) in [5, 5.41) is -0.385. The lowest BCUT2D eigenvalue weighted by atomic mass is 10.0. The molecule has 0 saturated heterocycles. The molecule has 1 aromatic carbocycles. The Morgan fingerprint density at radius 1 is 1.54 bits per heavy atom. The highest BCUT2D eigenvalue weighted by atomic mass is 35.5. The third kappa shape index (κ3) is 3.15. The lowest BCUT2D eigenvalue weighted by Crippen LogP contribution is -1.95. The van der Waals surface area contributed by atoms with Crippen molar-refractivity contribution in [2.45, 2.75) is 19.8 Å². The van der Waals surface area contributed by atoms with Gasteiger partial charge in [0.25, 0.3) is 0 Å². The van der Waals surface area contributed by atoms with E-state index in [1.54, 1.807) is 6.07 Å². The fourth-order valence-electron chi connectivity index (χ4n) is 1.14. The summed E-state index contributed by atoms with van der Waals surface area (Å²) < 4.78 is 12.8. The second-order valence-electron chi connectivity index (χ2n) is 2.93. The fraction of sp³-hybridized carbons (Fsp3) is 0.300. The maximum atomic E-state index is 12.8. The van der Waals surface area contributed by atoms with Gasteiger partial charge < -0.3 is 0 Å². The molecule has 0 amide bonds. The molecular formula is C10H10ClFO. The zero-order chi connectivity index (χ0) is 9.84. The molecule has 0 aliphatic heterocycles. The first-order valence-corrected chi connectivity index (χ1v) is 4.41. The van der Waals surface area contributed by atoms with Crippen LogP contribution in [-0.2, 0) is 11.2 Å². The van der Waals surface area contributed by atoms with E-state index in [-0.39, 0.29) is 17.5 Å². The smallest absolute Gasteiger partial charge is 0.221 e. The molecular weight excluding hydrogens is 191 g/mol. The predicted octanol–water partition coefficient (Wildman–Crippen LogP) is 2.83. The Kier molecular flexibility index (Phi) is 3.43. The minimum absolute atomic E-state index is 0.256. The van der Waals surface area contributed by atoms with Crippen LogP contribution in [0.5, 0.6) is 0 Å². The van der Waals surface area contributed by atoms with Crippen LogP contribution >= 0.6 is 11.6 Å². The molecule has 0 aromatic heterocycles. The van der Waals surface area contributed by atoms with Gasteiger partial charge >= 0.3 is 0 Å². The molecule has 13 heavy (non-hydrogen) atoms. The van der Waals surface area contributed by atoms with Gasteiger partial charge in [-0.05, 0) is 48.2 Å². The lowest BCUT2D eigenvalue weighted by Gasteiger charge is -2.03. The first-order valence-electron chi connectivity index (χ1n) is 4.03. The van der Waals surface area contributed by atoms with Crippen LogP contribution in [0.1, 0.15) is 17.5 Å². The lowest BCUT2D eigenvalue weighted by molar-refractivity contribution is -0.111. The molecule has 70 valence electrons. The summed E-state index contributed by atoms with van der Waals surface area (Å²) in [7, 11) is 0. The van der Waals surface area contributed by atoms with Gasteiger partial charge in [0.2, 0.25) is 5.24 Å². The van der Waals surface area contributed by atoms with E-state index < -0.39 is 0 Å². The minimum Gasteiger partial charge on any atom is -0.281 e. The Morgan fingerprint density at radius 2 is 2.23 bits per heavy atom. The topological polar surface area (TPSA) is 17.1 Å². The van der Waals surface area contributed by atoms with Crippen molar-refractivity contribution in [3.8, 4) is 0 Å². The Morgan fingerprint density at radius 3 is 2.85 bits per heavy atom. The summed E-state index contributed by atoms with van der Waals surface area (Å²) in [6, 6.07) is 4.54. The number of benzene rings is 1. The van der Waals surface area contributed by atoms with Crippen LogP contribution in [0.3, 0.4) is 0 Å². The van der Waals surface area contributed by atoms with Crippen LogP contribution in [0, 0.1) is 12.7 Å². The van der Waals surface area contributed by atoms with Crippen LogP contribution in [0.15, 0.2) is 18.2 Å². The molecule has 0 spiro atoms. The summed E-state index contributed by atoms with van der Waals surface area (Å²) in [6.07, 6.45) is 0.762. The number of aryl methyl sites for hydroxylation is 2. The first-order chi connectivity index (χ1) is 6.09. The van der Waals surface area contributed by atoms with E-state index in [0.29, 0.717) is 6.42 Å². The van der Waals surface area contributed by atoms with Crippen molar-refractivity contribution in [3.05, 3.63) is 35.1 Å². The van der Waals surface area contributed by atoms with E-state index in [0.717, 1.165) is 11.1 Å². The van der Waals surface area contributed by atoms with E-state index in [4.69, 9.17) is 11.6 Å². The molecule has 1 aromatic rings. The van der Waals surface area contributed by atoms with Gasteiger partial charge in [-0.25, -0.2) is 4.39 Å². The fourth-order valence-corrected chi connectivity index (χ4v) is 1.24. The SMILES string of the molecule is Cc1ccc(F)cc1CCC(=O)Cl. The van der Waals surface area contributed by atoms with E-state index in [1.807, 2.05) is 6.92 Å². The largest absolute Gasteiger partial charge is 0.281 e. The third-order valence-corrected chi connectivity index (χ3v) is 2.09. The van der Waals surface area contributed by atoms with Crippen molar-refractivity contribution >= 4 is 16.8 Å². The number of hydrogen-bond donors (Lipinski definition) is 0. The monoisotopic (exact) mass is 200 g/mol. The highest BCUT2D eigenvalue weighted by Crippen LogP contribution is 2.12. The minimum atomic E-state index is -0.385. The Hall–Kier alpha value is -0.890. The summed E-state index contributed by atoms with van der Waals surface area (Å²) >= 11 is 5.19. The van der Waals surface area contributed by atoms with Crippen molar-refractivity contribution in [1.82, 2.24) is 0 Å². The van der Waals surface area contributed by atoms with Gasteiger partial charge in [-0.2, -0.15) is 0 Å². The van der Waals surface area contributed by atoms with E-state index in [9.17, 15) is 9.18 Å². The van der Waals surface area contributed by atoms with E-state index in [2.05, 4.69) is 0 Å². The van der Waals surface area contributed by atoms with Crippen molar-refractivity contribution in [2.75, 3.05) is 0 Å². The van der Waals surface area contributed by atoms with E-state index in [1.165, 1.54) is 12.1 Å². The van der Waals surface area contributed by atoms with E-state index >= 15 is 0 Å². The molecule has 0 aliphatic rings. The molecule has 0 radical (unpaired) electrons. The summed E-state index contributed by atoms with van der Waals surface area (Å²) in [5.74, 6) is -0.275. The average Bonchev–Trinajstić information content (AvgIpc) is 2.06. The molecule has 0 fully saturated rings. The molecule has 0 bridgehead atoms. The number of hydrogen-bond acceptors (Lipinski definition) is 1. The van der Waals surface area contributed by atoms with Gasteiger partial charge in [-0.15, -0.1) is 0 Å². The van der Waals surface area contributed by atoms with Crippen LogP contribution in [-0.4, -0.2) is 5.24 Å². The average molecular weight is 201 g/mol. The molecule has 3 heteroatoms. The van der Waals surface area contributed by atoms with Gasteiger partial charge in [-0.1, -0.05) is 6.07 Å². The zero-order valence-corrected chi connectivity index (χ0v) is 8.07. The summed E-state index contributed by atoms with van der Waals surface area (Å²) in [4.78, 5) is 10.5. The summed E-state index contributed by atoms with van der Waals surface area (Å²) in [5.41, 5.74) is 1.83. The van der Waals surface area contributed by atoms with Crippen LogP contribution < -0.4 is 0 Å². The third-order valence-electron chi connectivity index (χ3n) is 1.90. The molecule has 0 heterocycles. The van der Waals surface area contributed by atoms with Crippen LogP contribution in [0.4, 0.5) is 4.39 Å². The number of halogens is 2. The van der Waals surface area contributed by atoms with Gasteiger partial charge in [-0.3, -0.25) is 4.79 Å². The van der Waals surface area contributed by atoms with Crippen LogP contribution in [0.25, 0.3) is 0 Å². The second kappa shape index (κ2) is 4.38. The normalized spacial score (nSPS) is 10.1. The maximum absolute atomic E-state index is 12.8. The van der Waals surface area contributed by atoms with Gasteiger partial charge in [0.1, 0.15) is 5.82 Å². The van der Waals surface area contributed by atoms with Crippen molar-refractivity contribution < 1.29 is 9.18 Å². The highest BCUT2D eigenvalue weighted by molar-refractivity contribution is 6.63. The number of carbonyl (C=O) groups is 1. The van der Waals surface area contributed by atoms with Gasteiger partial charge in [0, 0.05) is 6.42 Å². The maximum Gasteiger partial charge on any atom is 0.221 e. The van der Waals surface area contributed by atoms with Crippen molar-refractivity contribution in [2.24, 2.45) is 0 Å². The summed E-state index contributed by atoms with van der Waals surface area (Å²) in [6.45, 7) is 1.88. The predicted molar refractivity (Wildman–Crippen MR) is 50.3 cm³/mol. The highest BCUT2D eigenvalue weighted by Gasteiger charge is 2.02. The van der Waals surface area contributed by atoms with Crippen molar-refractivity contribution in [3.63, 3.8) is 0 Å². The molecule has 0 saturated carbocycles.